The van der Waals surface area contributed by atoms with Crippen molar-refractivity contribution in [3.63, 3.8) is 0 Å². The van der Waals surface area contributed by atoms with Crippen LogP contribution in [-0.4, -0.2) is 88.7 Å². The molecule has 1 N–H and O–H groups in total. The van der Waals surface area contributed by atoms with Crippen molar-refractivity contribution in [2.75, 3.05) is 69.4 Å². The zero-order valence-corrected chi connectivity index (χ0v) is 21.7. The van der Waals surface area contributed by atoms with Gasteiger partial charge in [-0.15, -0.1) is 0 Å². The average molecular weight is 569 g/mol. The molecule has 2 aliphatic heterocycles. The van der Waals surface area contributed by atoms with E-state index in [4.69, 9.17) is 25.8 Å². The molecule has 0 aromatic heterocycles. The molecule has 0 aliphatic carbocycles. The number of carbonyl (C=O) groups excluding carboxylic acids is 2. The van der Waals surface area contributed by atoms with E-state index in [1.54, 1.807) is 6.07 Å². The molecule has 0 bridgehead atoms. The Morgan fingerprint density at radius 3 is 2.34 bits per heavy atom. The number of halogens is 1. The van der Waals surface area contributed by atoms with Gasteiger partial charge in [0.25, 0.3) is 11.6 Å². The van der Waals surface area contributed by atoms with Gasteiger partial charge in [-0.2, -0.15) is 4.31 Å². The Labute approximate surface area is 223 Å². The fraction of sp³-hybridized carbons (Fsp3) is 0.391. The zero-order valence-electron chi connectivity index (χ0n) is 20.1. The molecule has 2 aliphatic rings. The molecule has 204 valence electrons. The Morgan fingerprint density at radius 2 is 1.68 bits per heavy atom. The smallest absolute Gasteiger partial charge is 0.340 e. The number of morpholine rings is 2. The Bertz CT molecular complexity index is 1330. The van der Waals surface area contributed by atoms with Crippen molar-refractivity contribution in [1.82, 2.24) is 4.31 Å². The normalized spacial score (nSPS) is 16.6. The van der Waals surface area contributed by atoms with Gasteiger partial charge in [-0.25, -0.2) is 13.2 Å². The first-order chi connectivity index (χ1) is 18.2. The minimum atomic E-state index is -3.84. The molecule has 0 atom stereocenters. The van der Waals surface area contributed by atoms with Crippen LogP contribution in [0, 0.1) is 10.1 Å². The molecule has 4 rings (SSSR count). The third kappa shape index (κ3) is 6.39. The fourth-order valence-electron chi connectivity index (χ4n) is 3.97. The van der Waals surface area contributed by atoms with Gasteiger partial charge in [0.1, 0.15) is 0 Å². The minimum Gasteiger partial charge on any atom is -0.452 e. The Balaban J connectivity index is 1.53. The molecule has 2 aromatic rings. The first-order valence-corrected chi connectivity index (χ1v) is 13.4. The van der Waals surface area contributed by atoms with Crippen molar-refractivity contribution in [2.45, 2.75) is 4.90 Å². The predicted molar refractivity (Wildman–Crippen MR) is 136 cm³/mol. The maximum Gasteiger partial charge on any atom is 0.340 e. The highest BCUT2D eigenvalue weighted by molar-refractivity contribution is 7.89. The first-order valence-electron chi connectivity index (χ1n) is 11.6. The van der Waals surface area contributed by atoms with Gasteiger partial charge in [0.2, 0.25) is 10.0 Å². The molecule has 38 heavy (non-hydrogen) atoms. The van der Waals surface area contributed by atoms with Crippen molar-refractivity contribution in [2.24, 2.45) is 0 Å². The number of benzene rings is 2. The van der Waals surface area contributed by atoms with Crippen LogP contribution in [0.15, 0.2) is 41.3 Å². The average Bonchev–Trinajstić information content (AvgIpc) is 2.92. The summed E-state index contributed by atoms with van der Waals surface area (Å²) in [5.41, 5.74) is 0.173. The molecule has 15 heteroatoms. The third-order valence-electron chi connectivity index (χ3n) is 5.92. The summed E-state index contributed by atoms with van der Waals surface area (Å²) in [5, 5.41) is 13.6. The summed E-state index contributed by atoms with van der Waals surface area (Å²) in [7, 11) is -3.84. The van der Waals surface area contributed by atoms with Crippen molar-refractivity contribution in [3.05, 3.63) is 57.1 Å². The highest BCUT2D eigenvalue weighted by Crippen LogP contribution is 2.31. The lowest BCUT2D eigenvalue weighted by Crippen LogP contribution is -2.40. The van der Waals surface area contributed by atoms with E-state index in [-0.39, 0.29) is 53.2 Å². The molecule has 13 nitrogen and oxygen atoms in total. The topological polar surface area (TPSA) is 158 Å². The van der Waals surface area contributed by atoms with Crippen LogP contribution in [0.4, 0.5) is 17.1 Å². The summed E-state index contributed by atoms with van der Waals surface area (Å²) in [5.74, 6) is -1.76. The number of nitro groups is 1. The van der Waals surface area contributed by atoms with Crippen LogP contribution >= 0.6 is 11.6 Å². The number of rotatable bonds is 8. The van der Waals surface area contributed by atoms with E-state index in [1.807, 2.05) is 4.90 Å². The van der Waals surface area contributed by atoms with Crippen LogP contribution in [0.2, 0.25) is 5.02 Å². The van der Waals surface area contributed by atoms with Crippen LogP contribution in [0.1, 0.15) is 10.4 Å². The Kier molecular flexibility index (Phi) is 8.79. The third-order valence-corrected chi connectivity index (χ3v) is 8.14. The molecule has 2 heterocycles. The predicted octanol–water partition coefficient (Wildman–Crippen LogP) is 1.90. The monoisotopic (exact) mass is 568 g/mol. The lowest BCUT2D eigenvalue weighted by Gasteiger charge is -2.31. The summed E-state index contributed by atoms with van der Waals surface area (Å²) >= 11 is 5.96. The second kappa shape index (κ2) is 12.0. The number of non-ortho nitro benzene ring substituents is 1. The van der Waals surface area contributed by atoms with E-state index in [1.165, 1.54) is 22.5 Å². The van der Waals surface area contributed by atoms with Gasteiger partial charge in [0.15, 0.2) is 6.61 Å². The molecule has 0 radical (unpaired) electrons. The lowest BCUT2D eigenvalue weighted by molar-refractivity contribution is -0.384. The molecule has 2 fully saturated rings. The number of nitrogens with one attached hydrogen (secondary N) is 1. The number of sulfonamides is 1. The molecule has 0 unspecified atom stereocenters. The van der Waals surface area contributed by atoms with E-state index in [0.717, 1.165) is 12.1 Å². The van der Waals surface area contributed by atoms with E-state index in [2.05, 4.69) is 5.32 Å². The number of hydrogen-bond acceptors (Lipinski definition) is 10. The Morgan fingerprint density at radius 1 is 1.03 bits per heavy atom. The highest BCUT2D eigenvalue weighted by Gasteiger charge is 2.28. The molecule has 1 amide bonds. The number of amides is 1. The van der Waals surface area contributed by atoms with E-state index in [9.17, 15) is 28.1 Å². The van der Waals surface area contributed by atoms with E-state index >= 15 is 0 Å². The largest absolute Gasteiger partial charge is 0.452 e. The van der Waals surface area contributed by atoms with Crippen LogP contribution < -0.4 is 10.2 Å². The lowest BCUT2D eigenvalue weighted by atomic mass is 10.2. The van der Waals surface area contributed by atoms with Crippen molar-refractivity contribution < 1.29 is 37.1 Å². The first kappa shape index (κ1) is 27.7. The van der Waals surface area contributed by atoms with Crippen molar-refractivity contribution in [1.29, 1.82) is 0 Å². The number of nitro benzene ring substituents is 1. The van der Waals surface area contributed by atoms with Gasteiger partial charge in [0, 0.05) is 38.3 Å². The molecule has 0 saturated carbocycles. The standard InChI is InChI=1S/C23H25ClN4O9S/c24-19-3-1-16(28(31)32)13-18(19)23(30)37-15-22(29)25-20-14-17(38(33,34)27-7-11-36-12-8-27)2-4-21(20)26-5-9-35-10-6-26/h1-4,13-14H,5-12,15H2,(H,25,29). The van der Waals surface area contributed by atoms with Crippen LogP contribution in [-0.2, 0) is 29.0 Å². The van der Waals surface area contributed by atoms with Crippen LogP contribution in [0.5, 0.6) is 0 Å². The summed E-state index contributed by atoms with van der Waals surface area (Å²) < 4.78 is 43.3. The second-order valence-electron chi connectivity index (χ2n) is 8.34. The Hall–Kier alpha value is -3.30. The van der Waals surface area contributed by atoms with Crippen LogP contribution in [0.3, 0.4) is 0 Å². The molecule has 0 spiro atoms. The number of carbonyl (C=O) groups is 2. The second-order valence-corrected chi connectivity index (χ2v) is 10.7. The summed E-state index contributed by atoms with van der Waals surface area (Å²) in [6.07, 6.45) is 0. The van der Waals surface area contributed by atoms with Gasteiger partial charge < -0.3 is 24.4 Å². The van der Waals surface area contributed by atoms with E-state index in [0.29, 0.717) is 32.0 Å². The van der Waals surface area contributed by atoms with Gasteiger partial charge in [-0.1, -0.05) is 11.6 Å². The zero-order chi connectivity index (χ0) is 27.3. The minimum absolute atomic E-state index is 0.00733. The molecular formula is C23H25ClN4O9S. The number of nitrogens with zero attached hydrogens (tertiary/aromatic N) is 3. The molecule has 2 saturated heterocycles. The number of ether oxygens (including phenoxy) is 3. The molecular weight excluding hydrogens is 544 g/mol. The summed E-state index contributed by atoms with van der Waals surface area (Å²) in [6, 6.07) is 7.74. The number of anilines is 2. The van der Waals surface area contributed by atoms with Gasteiger partial charge in [-0.3, -0.25) is 14.9 Å². The van der Waals surface area contributed by atoms with Crippen molar-refractivity contribution >= 4 is 50.6 Å². The van der Waals surface area contributed by atoms with Gasteiger partial charge >= 0.3 is 5.97 Å². The van der Waals surface area contributed by atoms with Gasteiger partial charge in [0.05, 0.1) is 58.2 Å². The van der Waals surface area contributed by atoms with Gasteiger partial charge in [-0.05, 0) is 24.3 Å². The molecule has 2 aromatic carbocycles. The number of esters is 1. The number of hydrogen-bond donors (Lipinski definition) is 1. The fourth-order valence-corrected chi connectivity index (χ4v) is 5.60. The summed E-state index contributed by atoms with van der Waals surface area (Å²) in [6.45, 7) is 2.24. The van der Waals surface area contributed by atoms with Crippen molar-refractivity contribution in [3.8, 4) is 0 Å². The quantitative estimate of drug-likeness (QED) is 0.283. The maximum absolute atomic E-state index is 13.2. The SMILES string of the molecule is O=C(COC(=O)c1cc([N+](=O)[O-])ccc1Cl)Nc1cc(S(=O)(=O)N2CCOCC2)ccc1N1CCOCC1. The highest BCUT2D eigenvalue weighted by atomic mass is 35.5. The summed E-state index contributed by atoms with van der Waals surface area (Å²) in [4.78, 5) is 37.4. The van der Waals surface area contributed by atoms with Crippen LogP contribution in [0.25, 0.3) is 0 Å². The maximum atomic E-state index is 13.2. The van der Waals surface area contributed by atoms with E-state index < -0.39 is 33.4 Å².